The Labute approximate surface area is 191 Å². The van der Waals surface area contributed by atoms with Crippen LogP contribution >= 0.6 is 0 Å². The average molecular weight is 435 g/mol. The van der Waals surface area contributed by atoms with Gasteiger partial charge in [-0.05, 0) is 56.0 Å². The molecule has 0 radical (unpaired) electrons. The molecule has 2 amide bonds. The normalized spacial score (nSPS) is 20.0. The Bertz CT molecular complexity index is 954. The van der Waals surface area contributed by atoms with Gasteiger partial charge in [-0.15, -0.1) is 0 Å². The van der Waals surface area contributed by atoms with E-state index in [2.05, 4.69) is 28.9 Å². The predicted octanol–water partition coefficient (Wildman–Crippen LogP) is 3.22. The molecule has 0 N–H and O–H groups in total. The van der Waals surface area contributed by atoms with Crippen molar-refractivity contribution in [2.24, 2.45) is 5.92 Å². The number of benzene rings is 1. The van der Waals surface area contributed by atoms with E-state index in [-0.39, 0.29) is 23.8 Å². The number of nitrogens with zero attached hydrogens (tertiary/aromatic N) is 4. The highest BCUT2D eigenvalue weighted by Crippen LogP contribution is 2.31. The molecule has 1 aromatic heterocycles. The number of aromatic nitrogens is 1. The van der Waals surface area contributed by atoms with Crippen LogP contribution in [-0.4, -0.2) is 65.9 Å². The van der Waals surface area contributed by atoms with Crippen LogP contribution in [0, 0.1) is 19.8 Å². The fourth-order valence-corrected chi connectivity index (χ4v) is 4.95. The first-order valence-corrected chi connectivity index (χ1v) is 11.7. The molecule has 0 saturated carbocycles. The Hall–Kier alpha value is -2.73. The summed E-state index contributed by atoms with van der Waals surface area (Å²) in [5, 5.41) is 0. The average Bonchev–Trinajstić information content (AvgIpc) is 3.21. The molecule has 2 aromatic rings. The maximum atomic E-state index is 13.2. The molecular weight excluding hydrogens is 400 g/mol. The summed E-state index contributed by atoms with van der Waals surface area (Å²) in [4.78, 5) is 36.6. The number of carbonyl (C=O) groups excluding carboxylic acids is 2. The maximum Gasteiger partial charge on any atom is 0.228 e. The van der Waals surface area contributed by atoms with Crippen LogP contribution in [0.5, 0.6) is 0 Å². The molecule has 4 rings (SSSR count). The van der Waals surface area contributed by atoms with Crippen LogP contribution in [-0.2, 0) is 16.0 Å². The first-order chi connectivity index (χ1) is 15.4. The van der Waals surface area contributed by atoms with Crippen molar-refractivity contribution in [1.82, 2.24) is 14.8 Å². The van der Waals surface area contributed by atoms with E-state index in [1.54, 1.807) is 4.90 Å². The van der Waals surface area contributed by atoms with Gasteiger partial charge in [0.05, 0.1) is 5.92 Å². The first-order valence-electron chi connectivity index (χ1n) is 11.7. The summed E-state index contributed by atoms with van der Waals surface area (Å²) in [7, 11) is 1.92. The van der Waals surface area contributed by atoms with E-state index >= 15 is 0 Å². The van der Waals surface area contributed by atoms with Gasteiger partial charge in [-0.25, -0.2) is 0 Å². The van der Waals surface area contributed by atoms with E-state index < -0.39 is 0 Å². The van der Waals surface area contributed by atoms with Gasteiger partial charge in [-0.1, -0.05) is 18.2 Å². The summed E-state index contributed by atoms with van der Waals surface area (Å²) < 4.78 is 0. The second-order valence-electron chi connectivity index (χ2n) is 9.22. The maximum absolute atomic E-state index is 13.2. The van der Waals surface area contributed by atoms with Crippen molar-refractivity contribution in [3.63, 3.8) is 0 Å². The van der Waals surface area contributed by atoms with Gasteiger partial charge < -0.3 is 14.7 Å². The fraction of sp³-hybridized carbons (Fsp3) is 0.500. The molecule has 6 heteroatoms. The molecule has 2 saturated heterocycles. The molecule has 2 aliphatic rings. The number of amides is 2. The molecule has 6 nitrogen and oxygen atoms in total. The van der Waals surface area contributed by atoms with Gasteiger partial charge in [-0.2, -0.15) is 0 Å². The Balaban J connectivity index is 1.29. The molecule has 2 aliphatic heterocycles. The second kappa shape index (κ2) is 9.82. The molecule has 170 valence electrons. The van der Waals surface area contributed by atoms with Crippen molar-refractivity contribution < 1.29 is 9.59 Å². The highest BCUT2D eigenvalue weighted by Gasteiger charge is 2.38. The number of likely N-dealkylation sites (tertiary alicyclic amines) is 1. The van der Waals surface area contributed by atoms with Crippen molar-refractivity contribution in [1.29, 1.82) is 0 Å². The zero-order chi connectivity index (χ0) is 22.7. The lowest BCUT2D eigenvalue weighted by Gasteiger charge is -2.37. The molecule has 0 spiro atoms. The van der Waals surface area contributed by atoms with E-state index in [0.717, 1.165) is 61.4 Å². The third kappa shape index (κ3) is 4.85. The van der Waals surface area contributed by atoms with Gasteiger partial charge >= 0.3 is 0 Å². The van der Waals surface area contributed by atoms with E-state index in [1.165, 1.54) is 0 Å². The summed E-state index contributed by atoms with van der Waals surface area (Å²) in [6.45, 7) is 7.57. The Morgan fingerprint density at radius 1 is 1.12 bits per heavy atom. The molecule has 1 atom stereocenters. The van der Waals surface area contributed by atoms with E-state index in [4.69, 9.17) is 0 Å². The minimum absolute atomic E-state index is 0.0507. The van der Waals surface area contributed by atoms with Crippen LogP contribution in [0.25, 0.3) is 0 Å². The molecule has 32 heavy (non-hydrogen) atoms. The van der Waals surface area contributed by atoms with Crippen LogP contribution < -0.4 is 4.90 Å². The van der Waals surface area contributed by atoms with Gasteiger partial charge in [0, 0.05) is 69.7 Å². The standard InChI is InChI=1S/C26H34N4O2/c1-19-7-6-9-24(20(19)2)30-18-21(17-25(30)31)26(32)28(3)23-11-15-29(16-12-23)14-10-22-8-4-5-13-27-22/h4-9,13,21,23H,10-12,14-18H2,1-3H3. The topological polar surface area (TPSA) is 56.8 Å². The number of pyridine rings is 1. The fourth-order valence-electron chi connectivity index (χ4n) is 4.95. The largest absolute Gasteiger partial charge is 0.342 e. The summed E-state index contributed by atoms with van der Waals surface area (Å²) in [6, 6.07) is 12.3. The molecule has 0 aliphatic carbocycles. The lowest BCUT2D eigenvalue weighted by molar-refractivity contribution is -0.137. The number of anilines is 1. The summed E-state index contributed by atoms with van der Waals surface area (Å²) >= 11 is 0. The smallest absolute Gasteiger partial charge is 0.228 e. The van der Waals surface area contributed by atoms with Crippen molar-refractivity contribution in [3.8, 4) is 0 Å². The summed E-state index contributed by atoms with van der Waals surface area (Å²) in [5.41, 5.74) is 4.34. The lowest BCUT2D eigenvalue weighted by Crippen LogP contribution is -2.48. The van der Waals surface area contributed by atoms with Crippen molar-refractivity contribution in [2.45, 2.75) is 45.6 Å². The number of rotatable bonds is 6. The summed E-state index contributed by atoms with van der Waals surface area (Å²) in [6.07, 6.45) is 5.06. The van der Waals surface area contributed by atoms with Crippen LogP contribution in [0.2, 0.25) is 0 Å². The Morgan fingerprint density at radius 2 is 1.91 bits per heavy atom. The SMILES string of the molecule is Cc1cccc(N2CC(C(=O)N(C)C3CCN(CCc4ccccn4)CC3)CC2=O)c1C. The highest BCUT2D eigenvalue weighted by atomic mass is 16.2. The quantitative estimate of drug-likeness (QED) is 0.701. The van der Waals surface area contributed by atoms with Crippen LogP contribution in [0.4, 0.5) is 5.69 Å². The number of hydrogen-bond donors (Lipinski definition) is 0. The Kier molecular flexibility index (Phi) is 6.89. The predicted molar refractivity (Wildman–Crippen MR) is 127 cm³/mol. The number of piperidine rings is 1. The summed E-state index contributed by atoms with van der Waals surface area (Å²) in [5.74, 6) is -0.0949. The van der Waals surface area contributed by atoms with Crippen molar-refractivity contribution in [2.75, 3.05) is 38.1 Å². The third-order valence-corrected chi connectivity index (χ3v) is 7.20. The minimum Gasteiger partial charge on any atom is -0.342 e. The number of carbonyl (C=O) groups is 2. The third-order valence-electron chi connectivity index (χ3n) is 7.20. The minimum atomic E-state index is -0.255. The Morgan fingerprint density at radius 3 is 2.62 bits per heavy atom. The zero-order valence-corrected chi connectivity index (χ0v) is 19.5. The van der Waals surface area contributed by atoms with Gasteiger partial charge in [0.2, 0.25) is 11.8 Å². The molecule has 3 heterocycles. The molecule has 1 aromatic carbocycles. The van der Waals surface area contributed by atoms with E-state index in [1.807, 2.05) is 49.3 Å². The highest BCUT2D eigenvalue weighted by molar-refractivity contribution is 6.00. The van der Waals surface area contributed by atoms with Crippen molar-refractivity contribution >= 4 is 17.5 Å². The van der Waals surface area contributed by atoms with E-state index in [9.17, 15) is 9.59 Å². The monoisotopic (exact) mass is 434 g/mol. The number of aryl methyl sites for hydroxylation is 1. The second-order valence-corrected chi connectivity index (χ2v) is 9.22. The number of hydrogen-bond acceptors (Lipinski definition) is 4. The van der Waals surface area contributed by atoms with Gasteiger partial charge in [0.15, 0.2) is 0 Å². The van der Waals surface area contributed by atoms with Crippen LogP contribution in [0.15, 0.2) is 42.6 Å². The molecule has 1 unspecified atom stereocenters. The molecule has 2 fully saturated rings. The first kappa shape index (κ1) is 22.5. The van der Waals surface area contributed by atoms with Crippen LogP contribution in [0.3, 0.4) is 0 Å². The van der Waals surface area contributed by atoms with Gasteiger partial charge in [0.25, 0.3) is 0 Å². The van der Waals surface area contributed by atoms with Crippen LogP contribution in [0.1, 0.15) is 36.1 Å². The van der Waals surface area contributed by atoms with Crippen molar-refractivity contribution in [3.05, 3.63) is 59.4 Å². The van der Waals surface area contributed by atoms with Gasteiger partial charge in [-0.3, -0.25) is 14.6 Å². The van der Waals surface area contributed by atoms with E-state index in [0.29, 0.717) is 13.0 Å². The zero-order valence-electron chi connectivity index (χ0n) is 19.5. The van der Waals surface area contributed by atoms with Gasteiger partial charge in [0.1, 0.15) is 0 Å². The molecular formula is C26H34N4O2. The molecule has 0 bridgehead atoms. The lowest BCUT2D eigenvalue weighted by atomic mass is 10.00.